The van der Waals surface area contributed by atoms with Gasteiger partial charge in [-0.2, -0.15) is 5.26 Å². The Morgan fingerprint density at radius 2 is 2.05 bits per heavy atom. The topological polar surface area (TPSA) is 74.2 Å². The van der Waals surface area contributed by atoms with Crippen molar-refractivity contribution in [3.8, 4) is 6.07 Å². The molecule has 2 rings (SSSR count). The van der Waals surface area contributed by atoms with E-state index in [1.165, 1.54) is 0 Å². The van der Waals surface area contributed by atoms with Crippen molar-refractivity contribution in [1.82, 2.24) is 10.6 Å². The van der Waals surface area contributed by atoms with Crippen LogP contribution in [0.15, 0.2) is 24.3 Å². The first-order chi connectivity index (χ1) is 10.2. The molecule has 1 unspecified atom stereocenters. The van der Waals surface area contributed by atoms with Crippen molar-refractivity contribution < 1.29 is 9.53 Å². The Labute approximate surface area is 125 Å². The van der Waals surface area contributed by atoms with Gasteiger partial charge in [-0.15, -0.1) is 0 Å². The maximum absolute atomic E-state index is 11.9. The van der Waals surface area contributed by atoms with E-state index < -0.39 is 0 Å². The lowest BCUT2D eigenvalue weighted by atomic mass is 10.1. The van der Waals surface area contributed by atoms with Gasteiger partial charge in [0.2, 0.25) is 5.91 Å². The molecule has 0 saturated carbocycles. The van der Waals surface area contributed by atoms with Crippen LogP contribution in [0, 0.1) is 11.3 Å². The van der Waals surface area contributed by atoms with Crippen LogP contribution in [0.1, 0.15) is 36.9 Å². The summed E-state index contributed by atoms with van der Waals surface area (Å²) in [7, 11) is 0. The zero-order chi connectivity index (χ0) is 15.1. The predicted molar refractivity (Wildman–Crippen MR) is 79.6 cm³/mol. The fourth-order valence-corrected chi connectivity index (χ4v) is 2.33. The number of hydrogen-bond donors (Lipinski definition) is 2. The lowest BCUT2D eigenvalue weighted by Crippen LogP contribution is -2.43. The van der Waals surface area contributed by atoms with E-state index in [-0.39, 0.29) is 18.0 Å². The Kier molecular flexibility index (Phi) is 5.73. The van der Waals surface area contributed by atoms with Crippen molar-refractivity contribution >= 4 is 5.91 Å². The monoisotopic (exact) mass is 287 g/mol. The Hall–Kier alpha value is -1.90. The number of amides is 1. The van der Waals surface area contributed by atoms with Gasteiger partial charge >= 0.3 is 0 Å². The third kappa shape index (κ3) is 4.85. The number of benzene rings is 1. The molecule has 1 fully saturated rings. The Morgan fingerprint density at radius 3 is 2.67 bits per heavy atom. The van der Waals surface area contributed by atoms with Crippen molar-refractivity contribution in [3.05, 3.63) is 35.4 Å². The number of hydrogen-bond acceptors (Lipinski definition) is 4. The minimum Gasteiger partial charge on any atom is -0.381 e. The summed E-state index contributed by atoms with van der Waals surface area (Å²) >= 11 is 0. The molecule has 1 aromatic carbocycles. The van der Waals surface area contributed by atoms with Gasteiger partial charge < -0.3 is 15.4 Å². The van der Waals surface area contributed by atoms with Crippen molar-refractivity contribution in [2.45, 2.75) is 31.8 Å². The molecular weight excluding hydrogens is 266 g/mol. The van der Waals surface area contributed by atoms with Gasteiger partial charge in [-0.25, -0.2) is 0 Å². The maximum Gasteiger partial charge on any atom is 0.234 e. The normalized spacial score (nSPS) is 17.0. The molecule has 0 aliphatic carbocycles. The van der Waals surface area contributed by atoms with Crippen LogP contribution in [0.2, 0.25) is 0 Å². The van der Waals surface area contributed by atoms with Crippen LogP contribution in [0.5, 0.6) is 0 Å². The summed E-state index contributed by atoms with van der Waals surface area (Å²) in [6, 6.07) is 9.79. The average Bonchev–Trinajstić information content (AvgIpc) is 2.53. The van der Waals surface area contributed by atoms with E-state index >= 15 is 0 Å². The van der Waals surface area contributed by atoms with Crippen molar-refractivity contribution in [3.63, 3.8) is 0 Å². The minimum absolute atomic E-state index is 0.0161. The number of ether oxygens (including phenoxy) is 1. The second-order valence-corrected chi connectivity index (χ2v) is 5.29. The van der Waals surface area contributed by atoms with E-state index in [1.54, 1.807) is 12.1 Å². The number of carbonyl (C=O) groups excluding carboxylic acids is 1. The highest BCUT2D eigenvalue weighted by atomic mass is 16.5. The molecule has 0 radical (unpaired) electrons. The SMILES string of the molecule is CC(NCC(=O)NC1CCOCC1)c1ccc(C#N)cc1. The minimum atomic E-state index is 0.0161. The molecule has 1 aliphatic rings. The quantitative estimate of drug-likeness (QED) is 0.861. The lowest BCUT2D eigenvalue weighted by molar-refractivity contribution is -0.121. The standard InChI is InChI=1S/C16H21N3O2/c1-12(14-4-2-13(10-17)3-5-14)18-11-16(20)19-15-6-8-21-9-7-15/h2-5,12,15,18H,6-9,11H2,1H3,(H,19,20). The summed E-state index contributed by atoms with van der Waals surface area (Å²) in [6.07, 6.45) is 1.77. The van der Waals surface area contributed by atoms with Gasteiger partial charge in [-0.05, 0) is 37.5 Å². The first-order valence-electron chi connectivity index (χ1n) is 7.29. The van der Waals surface area contributed by atoms with Crippen LogP contribution in [0.4, 0.5) is 0 Å². The molecule has 112 valence electrons. The highest BCUT2D eigenvalue weighted by Gasteiger charge is 2.16. The van der Waals surface area contributed by atoms with Crippen molar-refractivity contribution in [2.75, 3.05) is 19.8 Å². The smallest absolute Gasteiger partial charge is 0.234 e. The summed E-state index contributed by atoms with van der Waals surface area (Å²) in [4.78, 5) is 11.9. The summed E-state index contributed by atoms with van der Waals surface area (Å²) < 4.78 is 5.27. The molecule has 1 aliphatic heterocycles. The zero-order valence-corrected chi connectivity index (χ0v) is 12.3. The van der Waals surface area contributed by atoms with Gasteiger partial charge in [0.1, 0.15) is 0 Å². The molecule has 1 atom stereocenters. The number of nitriles is 1. The number of carbonyl (C=O) groups is 1. The maximum atomic E-state index is 11.9. The van der Waals surface area contributed by atoms with Crippen LogP contribution >= 0.6 is 0 Å². The van der Waals surface area contributed by atoms with Gasteiger partial charge in [0, 0.05) is 25.3 Å². The van der Waals surface area contributed by atoms with Gasteiger partial charge in [-0.1, -0.05) is 12.1 Å². The number of nitrogens with one attached hydrogen (secondary N) is 2. The van der Waals surface area contributed by atoms with Gasteiger partial charge in [0.15, 0.2) is 0 Å². The molecule has 2 N–H and O–H groups in total. The first kappa shape index (κ1) is 15.5. The molecule has 0 aromatic heterocycles. The Morgan fingerprint density at radius 1 is 1.38 bits per heavy atom. The molecule has 1 heterocycles. The fourth-order valence-electron chi connectivity index (χ4n) is 2.33. The largest absolute Gasteiger partial charge is 0.381 e. The predicted octanol–water partition coefficient (Wildman–Crippen LogP) is 1.50. The van der Waals surface area contributed by atoms with Crippen molar-refractivity contribution in [2.24, 2.45) is 0 Å². The van der Waals surface area contributed by atoms with Crippen LogP contribution in [-0.4, -0.2) is 31.7 Å². The van der Waals surface area contributed by atoms with Crippen LogP contribution in [-0.2, 0) is 9.53 Å². The average molecular weight is 287 g/mol. The second kappa shape index (κ2) is 7.77. The van der Waals surface area contributed by atoms with E-state index in [0.29, 0.717) is 12.1 Å². The number of nitrogens with zero attached hydrogens (tertiary/aromatic N) is 1. The third-order valence-corrected chi connectivity index (χ3v) is 3.70. The van der Waals surface area contributed by atoms with E-state index in [1.807, 2.05) is 19.1 Å². The van der Waals surface area contributed by atoms with E-state index in [4.69, 9.17) is 10.00 Å². The number of rotatable bonds is 5. The second-order valence-electron chi connectivity index (χ2n) is 5.29. The highest BCUT2D eigenvalue weighted by Crippen LogP contribution is 2.12. The Bertz CT molecular complexity index is 501. The van der Waals surface area contributed by atoms with E-state index in [0.717, 1.165) is 31.6 Å². The first-order valence-corrected chi connectivity index (χ1v) is 7.29. The van der Waals surface area contributed by atoms with Crippen molar-refractivity contribution in [1.29, 1.82) is 5.26 Å². The molecule has 1 amide bonds. The van der Waals surface area contributed by atoms with Gasteiger partial charge in [0.05, 0.1) is 18.2 Å². The lowest BCUT2D eigenvalue weighted by Gasteiger charge is -2.23. The summed E-state index contributed by atoms with van der Waals surface area (Å²) in [5.41, 5.74) is 1.70. The summed E-state index contributed by atoms with van der Waals surface area (Å²) in [5, 5.41) is 15.0. The van der Waals surface area contributed by atoms with Gasteiger partial charge in [0.25, 0.3) is 0 Å². The molecule has 1 saturated heterocycles. The molecule has 0 spiro atoms. The Balaban J connectivity index is 1.75. The zero-order valence-electron chi connectivity index (χ0n) is 12.3. The molecule has 5 nitrogen and oxygen atoms in total. The third-order valence-electron chi connectivity index (χ3n) is 3.70. The van der Waals surface area contributed by atoms with E-state index in [2.05, 4.69) is 16.7 Å². The fraction of sp³-hybridized carbons (Fsp3) is 0.500. The van der Waals surface area contributed by atoms with E-state index in [9.17, 15) is 4.79 Å². The molecule has 5 heteroatoms. The molecule has 1 aromatic rings. The molecular formula is C16H21N3O2. The summed E-state index contributed by atoms with van der Waals surface area (Å²) in [6.45, 7) is 3.74. The van der Waals surface area contributed by atoms with Crippen LogP contribution in [0.3, 0.4) is 0 Å². The van der Waals surface area contributed by atoms with Crippen LogP contribution in [0.25, 0.3) is 0 Å². The van der Waals surface area contributed by atoms with Gasteiger partial charge in [-0.3, -0.25) is 4.79 Å². The van der Waals surface area contributed by atoms with Crippen LogP contribution < -0.4 is 10.6 Å². The molecule has 21 heavy (non-hydrogen) atoms. The highest BCUT2D eigenvalue weighted by molar-refractivity contribution is 5.78. The summed E-state index contributed by atoms with van der Waals surface area (Å²) in [5.74, 6) is 0.0161. The molecule has 0 bridgehead atoms.